The molecule has 1 saturated heterocycles. The Kier molecular flexibility index (Phi) is 5.72. The van der Waals surface area contributed by atoms with E-state index in [1.807, 2.05) is 23.1 Å². The van der Waals surface area contributed by atoms with Crippen LogP contribution in [0.3, 0.4) is 0 Å². The van der Waals surface area contributed by atoms with Gasteiger partial charge in [-0.25, -0.2) is 8.42 Å². The van der Waals surface area contributed by atoms with Crippen molar-refractivity contribution in [1.29, 1.82) is 0 Å². The van der Waals surface area contributed by atoms with Crippen LogP contribution in [0.2, 0.25) is 0 Å². The molecule has 0 bridgehead atoms. The molecule has 0 aromatic heterocycles. The summed E-state index contributed by atoms with van der Waals surface area (Å²) in [7, 11) is 0.115. The van der Waals surface area contributed by atoms with Crippen molar-refractivity contribution in [2.75, 3.05) is 30.6 Å². The average Bonchev–Trinajstić information content (AvgIpc) is 3.19. The zero-order valence-corrected chi connectivity index (χ0v) is 19.2. The first kappa shape index (κ1) is 21.1. The predicted octanol–water partition coefficient (Wildman–Crippen LogP) is 3.60. The second kappa shape index (κ2) is 8.15. The number of thioether (sulfide) groups is 1. The summed E-state index contributed by atoms with van der Waals surface area (Å²) < 4.78 is 35.6. The summed E-state index contributed by atoms with van der Waals surface area (Å²) in [5.41, 5.74) is 4.53. The minimum absolute atomic E-state index is 0.0914. The first-order chi connectivity index (χ1) is 14.3. The molecule has 30 heavy (non-hydrogen) atoms. The van der Waals surface area contributed by atoms with E-state index in [1.165, 1.54) is 16.7 Å². The van der Waals surface area contributed by atoms with Gasteiger partial charge in [0.25, 0.3) is 0 Å². The van der Waals surface area contributed by atoms with Crippen molar-refractivity contribution in [1.82, 2.24) is 0 Å². The van der Waals surface area contributed by atoms with Crippen molar-refractivity contribution < 1.29 is 17.9 Å². The molecule has 2 aromatic carbocycles. The Bertz CT molecular complexity index is 1100. The molecule has 0 aliphatic carbocycles. The lowest BCUT2D eigenvalue weighted by atomic mass is 10.1. The van der Waals surface area contributed by atoms with E-state index in [2.05, 4.69) is 32.0 Å². The topological polar surface area (TPSA) is 68.2 Å². The fraction of sp³-hybridized carbons (Fsp3) is 0.409. The highest BCUT2D eigenvalue weighted by Gasteiger charge is 2.47. The van der Waals surface area contributed by atoms with Gasteiger partial charge in [0, 0.05) is 11.8 Å². The molecule has 0 radical (unpaired) electrons. The highest BCUT2D eigenvalue weighted by Crippen LogP contribution is 2.41. The molecule has 2 aliphatic heterocycles. The molecule has 4 rings (SSSR count). The third-order valence-corrected chi connectivity index (χ3v) is 8.43. The van der Waals surface area contributed by atoms with Crippen LogP contribution in [0.4, 0.5) is 5.69 Å². The first-order valence-electron chi connectivity index (χ1n) is 9.79. The quantitative estimate of drug-likeness (QED) is 0.699. The van der Waals surface area contributed by atoms with Crippen molar-refractivity contribution in [2.24, 2.45) is 4.99 Å². The Balaban J connectivity index is 1.68. The van der Waals surface area contributed by atoms with Crippen molar-refractivity contribution in [3.05, 3.63) is 53.1 Å². The van der Waals surface area contributed by atoms with Gasteiger partial charge in [0.15, 0.2) is 15.0 Å². The second-order valence-electron chi connectivity index (χ2n) is 7.74. The number of ether oxygens (including phenoxy) is 2. The molecule has 2 aromatic rings. The lowest BCUT2D eigenvalue weighted by molar-refractivity contribution is 0.403. The fourth-order valence-corrected chi connectivity index (χ4v) is 6.84. The smallest absolute Gasteiger partial charge is 0.164 e. The molecule has 0 unspecified atom stereocenters. The third-order valence-electron chi connectivity index (χ3n) is 5.69. The van der Waals surface area contributed by atoms with Crippen LogP contribution in [0.15, 0.2) is 41.4 Å². The molecule has 2 heterocycles. The minimum Gasteiger partial charge on any atom is -0.497 e. The van der Waals surface area contributed by atoms with E-state index >= 15 is 0 Å². The van der Waals surface area contributed by atoms with E-state index in [1.54, 1.807) is 26.0 Å². The van der Waals surface area contributed by atoms with Crippen LogP contribution in [0.25, 0.3) is 0 Å². The van der Waals surface area contributed by atoms with Gasteiger partial charge in [-0.15, -0.1) is 0 Å². The Morgan fingerprint density at radius 3 is 2.57 bits per heavy atom. The number of hydrogen-bond donors (Lipinski definition) is 0. The summed E-state index contributed by atoms with van der Waals surface area (Å²) in [6, 6.07) is 11.5. The maximum Gasteiger partial charge on any atom is 0.164 e. The van der Waals surface area contributed by atoms with E-state index in [-0.39, 0.29) is 23.6 Å². The number of rotatable bonds is 5. The molecule has 6 nitrogen and oxygen atoms in total. The first-order valence-corrected chi connectivity index (χ1v) is 12.6. The molecule has 0 spiro atoms. The highest BCUT2D eigenvalue weighted by atomic mass is 32.2. The lowest BCUT2D eigenvalue weighted by Gasteiger charge is -2.28. The summed E-state index contributed by atoms with van der Waals surface area (Å²) in [6.45, 7) is 4.21. The number of methoxy groups -OCH3 is 2. The van der Waals surface area contributed by atoms with Crippen molar-refractivity contribution in [2.45, 2.75) is 31.7 Å². The molecule has 0 N–H and O–H groups in total. The van der Waals surface area contributed by atoms with Crippen LogP contribution in [0.1, 0.15) is 16.7 Å². The number of benzene rings is 2. The van der Waals surface area contributed by atoms with Crippen LogP contribution in [-0.4, -0.2) is 51.4 Å². The number of amidine groups is 1. The molecule has 1 fully saturated rings. The van der Waals surface area contributed by atoms with Crippen LogP contribution in [0, 0.1) is 13.8 Å². The van der Waals surface area contributed by atoms with Gasteiger partial charge in [0.1, 0.15) is 11.5 Å². The van der Waals surface area contributed by atoms with Crippen LogP contribution in [-0.2, 0) is 15.6 Å². The van der Waals surface area contributed by atoms with Crippen molar-refractivity contribution >= 4 is 32.5 Å². The Morgan fingerprint density at radius 2 is 1.87 bits per heavy atom. The standard InChI is InChI=1S/C22H26N2O4S2/c1-14-5-6-16(9-15(14)2)11-29-22-23-18-12-30(25,26)13-20(18)24(22)19-10-17(27-3)7-8-21(19)28-4/h5-10,18,20H,11-13H2,1-4H3/t18-,20-/m0/s1. The molecular formula is C22H26N2O4S2. The molecule has 0 saturated carbocycles. The molecule has 8 heteroatoms. The van der Waals surface area contributed by atoms with Crippen molar-refractivity contribution in [3.8, 4) is 11.5 Å². The van der Waals surface area contributed by atoms with Gasteiger partial charge in [-0.1, -0.05) is 30.0 Å². The van der Waals surface area contributed by atoms with Crippen LogP contribution >= 0.6 is 11.8 Å². The van der Waals surface area contributed by atoms with Gasteiger partial charge in [0.2, 0.25) is 0 Å². The Morgan fingerprint density at radius 1 is 1.07 bits per heavy atom. The van der Waals surface area contributed by atoms with Crippen molar-refractivity contribution in [3.63, 3.8) is 0 Å². The Labute approximate surface area is 182 Å². The average molecular weight is 447 g/mol. The maximum absolute atomic E-state index is 12.3. The monoisotopic (exact) mass is 446 g/mol. The van der Waals surface area contributed by atoms with Gasteiger partial charge in [0.05, 0.1) is 43.5 Å². The summed E-state index contributed by atoms with van der Waals surface area (Å²) in [5.74, 6) is 2.30. The summed E-state index contributed by atoms with van der Waals surface area (Å²) in [6.07, 6.45) is 0. The molecule has 0 amide bonds. The van der Waals surface area contributed by atoms with Gasteiger partial charge in [-0.2, -0.15) is 0 Å². The van der Waals surface area contributed by atoms with E-state index in [9.17, 15) is 8.42 Å². The van der Waals surface area contributed by atoms with Gasteiger partial charge in [-0.05, 0) is 42.7 Å². The fourth-order valence-electron chi connectivity index (χ4n) is 3.94. The van der Waals surface area contributed by atoms with E-state index < -0.39 is 9.84 Å². The molecular weight excluding hydrogens is 420 g/mol. The Hall–Kier alpha value is -2.19. The number of nitrogens with zero attached hydrogens (tertiary/aromatic N) is 2. The van der Waals surface area contributed by atoms with E-state index in [4.69, 9.17) is 14.5 Å². The summed E-state index contributed by atoms with van der Waals surface area (Å²) in [5, 5.41) is 0.824. The normalized spacial score (nSPS) is 22.0. The summed E-state index contributed by atoms with van der Waals surface area (Å²) >= 11 is 1.63. The molecule has 160 valence electrons. The zero-order valence-electron chi connectivity index (χ0n) is 17.6. The van der Waals surface area contributed by atoms with Gasteiger partial charge in [-0.3, -0.25) is 4.99 Å². The number of aryl methyl sites for hydroxylation is 2. The van der Waals surface area contributed by atoms with Gasteiger partial charge >= 0.3 is 0 Å². The molecule has 2 aliphatic rings. The minimum atomic E-state index is -3.11. The zero-order chi connectivity index (χ0) is 21.5. The number of anilines is 1. The maximum atomic E-state index is 12.3. The number of hydrogen-bond acceptors (Lipinski definition) is 7. The van der Waals surface area contributed by atoms with E-state index in [0.29, 0.717) is 11.5 Å². The third kappa shape index (κ3) is 4.03. The number of sulfone groups is 1. The second-order valence-corrected chi connectivity index (χ2v) is 10.8. The lowest BCUT2D eigenvalue weighted by Crippen LogP contribution is -2.39. The van der Waals surface area contributed by atoms with Gasteiger partial charge < -0.3 is 14.4 Å². The van der Waals surface area contributed by atoms with Crippen LogP contribution < -0.4 is 14.4 Å². The number of fused-ring (bicyclic) bond motifs is 1. The summed E-state index contributed by atoms with van der Waals surface area (Å²) in [4.78, 5) is 6.85. The largest absolute Gasteiger partial charge is 0.497 e. The SMILES string of the molecule is COc1ccc(OC)c(N2C(SCc3ccc(C)c(C)c3)=N[C@H]3CS(=O)(=O)C[C@@H]32)c1. The van der Waals surface area contributed by atoms with Crippen LogP contribution in [0.5, 0.6) is 11.5 Å². The molecule has 2 atom stereocenters. The van der Waals surface area contributed by atoms with E-state index in [0.717, 1.165) is 16.6 Å². The number of aliphatic imine (C=N–C) groups is 1. The highest BCUT2D eigenvalue weighted by molar-refractivity contribution is 8.13. The predicted molar refractivity (Wildman–Crippen MR) is 123 cm³/mol.